The van der Waals surface area contributed by atoms with Gasteiger partial charge < -0.3 is 33.3 Å². The van der Waals surface area contributed by atoms with Crippen LogP contribution in [0.1, 0.15) is 77.5 Å². The largest absolute Gasteiger partial charge is 0.469 e. The normalized spacial score (nSPS) is 24.3. The van der Waals surface area contributed by atoms with E-state index >= 15 is 0 Å². The maximum absolute atomic E-state index is 13.1. The molecule has 12 nitrogen and oxygen atoms in total. The predicted molar refractivity (Wildman–Crippen MR) is 195 cm³/mol. The molecule has 1 aromatic heterocycles. The number of benzene rings is 1. The van der Waals surface area contributed by atoms with Crippen molar-refractivity contribution in [3.63, 3.8) is 0 Å². The molecule has 14 heteroatoms. The van der Waals surface area contributed by atoms with Crippen LogP contribution in [0.3, 0.4) is 0 Å². The number of amides is 1. The number of thiophene rings is 1. The number of aryl methyl sites for hydroxylation is 1. The van der Waals surface area contributed by atoms with E-state index in [-0.39, 0.29) is 17.9 Å². The molecule has 2 aliphatic heterocycles. The van der Waals surface area contributed by atoms with Crippen LogP contribution in [0.5, 0.6) is 0 Å². The zero-order valence-electron chi connectivity index (χ0n) is 30.2. The number of allylic oxidation sites excluding steroid dienone is 1. The number of esters is 4. The summed E-state index contributed by atoms with van der Waals surface area (Å²) in [6.07, 6.45) is 6.16. The fourth-order valence-electron chi connectivity index (χ4n) is 6.37. The van der Waals surface area contributed by atoms with Crippen molar-refractivity contribution in [1.29, 1.82) is 0 Å². The first-order valence-corrected chi connectivity index (χ1v) is 18.8. The number of carbonyl (C=O) groups excluding carboxylic acids is 5. The number of fused-ring (bicyclic) bond motifs is 1. The van der Waals surface area contributed by atoms with Gasteiger partial charge in [0.15, 0.2) is 24.6 Å². The number of piperidine rings is 1. The van der Waals surface area contributed by atoms with Gasteiger partial charge in [-0.1, -0.05) is 54.1 Å². The molecular weight excluding hydrogens is 714 g/mol. The number of halogens is 1. The third-order valence-electron chi connectivity index (χ3n) is 8.81. The number of likely N-dealkylation sites (tertiary alicyclic amines) is 1. The lowest BCUT2D eigenvalue weighted by Crippen LogP contribution is -2.61. The second kappa shape index (κ2) is 19.9. The molecule has 2 aliphatic rings. The van der Waals surface area contributed by atoms with Crippen molar-refractivity contribution in [1.82, 2.24) is 4.90 Å². The molecule has 52 heavy (non-hydrogen) atoms. The molecule has 2 aromatic rings. The number of ether oxygens (including phenoxy) is 6. The van der Waals surface area contributed by atoms with Gasteiger partial charge >= 0.3 is 23.9 Å². The van der Waals surface area contributed by atoms with E-state index in [9.17, 15) is 24.0 Å². The zero-order chi connectivity index (χ0) is 37.8. The fraction of sp³-hybridized carbons (Fsp3) is 0.553. The Kier molecular flexibility index (Phi) is 15.7. The van der Waals surface area contributed by atoms with E-state index < -0.39 is 54.7 Å². The first kappa shape index (κ1) is 41.0. The molecule has 2 saturated heterocycles. The van der Waals surface area contributed by atoms with Gasteiger partial charge in [0.25, 0.3) is 0 Å². The van der Waals surface area contributed by atoms with Gasteiger partial charge in [-0.25, -0.2) is 0 Å². The quantitative estimate of drug-likeness (QED) is 0.0829. The molecule has 284 valence electrons. The van der Waals surface area contributed by atoms with Gasteiger partial charge in [-0.05, 0) is 51.5 Å². The minimum Gasteiger partial charge on any atom is -0.469 e. The summed E-state index contributed by atoms with van der Waals surface area (Å²) in [5.41, 5.74) is 0. The molecule has 7 atom stereocenters. The van der Waals surface area contributed by atoms with E-state index in [4.69, 9.17) is 40.0 Å². The van der Waals surface area contributed by atoms with Crippen LogP contribution in [0, 0.1) is 0 Å². The van der Waals surface area contributed by atoms with E-state index in [2.05, 4.69) is 0 Å². The van der Waals surface area contributed by atoms with E-state index in [1.807, 2.05) is 53.5 Å². The van der Waals surface area contributed by atoms with E-state index in [0.29, 0.717) is 50.1 Å². The smallest absolute Gasteiger partial charge is 0.305 e. The molecule has 3 heterocycles. The van der Waals surface area contributed by atoms with Crippen LogP contribution in [-0.2, 0) is 58.8 Å². The van der Waals surface area contributed by atoms with Crippen molar-refractivity contribution >= 4 is 62.8 Å². The SMILES string of the molecule is COC(=O)CCCC=CCN1C(=O)CCC[C@@H]1C=CC(CCc1sc2ccccc2c1Cl)O[C@@H]1OC(C)[C@@H](OC(C)=O)[C@H](OC(C)=O)C1OC(C)=O. The molecule has 3 unspecified atom stereocenters. The highest BCUT2D eigenvalue weighted by molar-refractivity contribution is 7.19. The van der Waals surface area contributed by atoms with Crippen molar-refractivity contribution in [2.24, 2.45) is 0 Å². The molecule has 2 fully saturated rings. The zero-order valence-corrected chi connectivity index (χ0v) is 31.8. The molecule has 0 spiro atoms. The van der Waals surface area contributed by atoms with Gasteiger partial charge in [0.05, 0.1) is 30.4 Å². The maximum Gasteiger partial charge on any atom is 0.305 e. The second-order valence-corrected chi connectivity index (χ2v) is 14.3. The van der Waals surface area contributed by atoms with Gasteiger partial charge in [0.1, 0.15) is 0 Å². The van der Waals surface area contributed by atoms with Crippen LogP contribution in [-0.4, -0.2) is 91.2 Å². The lowest BCUT2D eigenvalue weighted by molar-refractivity contribution is -0.307. The molecule has 0 aliphatic carbocycles. The van der Waals surface area contributed by atoms with Crippen molar-refractivity contribution in [3.05, 3.63) is 58.5 Å². The highest BCUT2D eigenvalue weighted by Crippen LogP contribution is 2.37. The number of carbonyl (C=O) groups is 5. The third kappa shape index (κ3) is 11.6. The summed E-state index contributed by atoms with van der Waals surface area (Å²) in [6, 6.07) is 7.68. The highest BCUT2D eigenvalue weighted by atomic mass is 35.5. The van der Waals surface area contributed by atoms with Gasteiger partial charge in [0.2, 0.25) is 5.91 Å². The lowest BCUT2D eigenvalue weighted by atomic mass is 9.98. The van der Waals surface area contributed by atoms with Crippen molar-refractivity contribution in [2.75, 3.05) is 13.7 Å². The van der Waals surface area contributed by atoms with Gasteiger partial charge in [-0.3, -0.25) is 24.0 Å². The van der Waals surface area contributed by atoms with Gasteiger partial charge in [-0.15, -0.1) is 11.3 Å². The Morgan fingerprint density at radius 2 is 1.71 bits per heavy atom. The number of nitrogens with zero attached hydrogens (tertiary/aromatic N) is 1. The Hall–Kier alpha value is -3.78. The summed E-state index contributed by atoms with van der Waals surface area (Å²) < 4.78 is 35.2. The molecule has 1 amide bonds. The fourth-order valence-corrected chi connectivity index (χ4v) is 7.91. The van der Waals surface area contributed by atoms with E-state index in [1.54, 1.807) is 18.3 Å². The van der Waals surface area contributed by atoms with Crippen LogP contribution in [0.15, 0.2) is 48.6 Å². The summed E-state index contributed by atoms with van der Waals surface area (Å²) >= 11 is 8.39. The molecule has 0 radical (unpaired) electrons. The molecule has 0 bridgehead atoms. The van der Waals surface area contributed by atoms with Crippen molar-refractivity contribution < 1.29 is 52.4 Å². The lowest BCUT2D eigenvalue weighted by Gasteiger charge is -2.44. The summed E-state index contributed by atoms with van der Waals surface area (Å²) in [5, 5.41) is 1.64. The van der Waals surface area contributed by atoms with E-state index in [0.717, 1.165) is 27.8 Å². The summed E-state index contributed by atoms with van der Waals surface area (Å²) in [7, 11) is 1.37. The van der Waals surface area contributed by atoms with Crippen molar-refractivity contribution in [3.8, 4) is 0 Å². The Balaban J connectivity index is 1.60. The van der Waals surface area contributed by atoms with Gasteiger partial charge in [-0.2, -0.15) is 0 Å². The molecular formula is C38H48ClNO11S. The Morgan fingerprint density at radius 1 is 1.02 bits per heavy atom. The second-order valence-electron chi connectivity index (χ2n) is 12.8. The van der Waals surface area contributed by atoms with Crippen LogP contribution < -0.4 is 0 Å². The monoisotopic (exact) mass is 761 g/mol. The number of unbranched alkanes of at least 4 members (excludes halogenated alkanes) is 1. The topological polar surface area (TPSA) is 144 Å². The first-order valence-electron chi connectivity index (χ1n) is 17.6. The standard InChI is InChI=1S/C38H48ClNO11S/c1-23-35(48-24(2)41)36(49-25(3)42)37(50-26(4)43)38(47-23)51-28(20-21-31-34(39)29-14-9-10-15-30(29)52-31)19-18-27-13-12-16-32(44)40(27)22-11-7-6-8-17-33(45)46-5/h7,9-11,14-15,18-19,23,27-28,35-38H,6,8,12-13,16-17,20-22H2,1-5H3/t23?,27-,28?,35-,36+,37?,38+/m1/s1. The van der Waals surface area contributed by atoms with Crippen LogP contribution in [0.4, 0.5) is 0 Å². The Bertz CT molecular complexity index is 1620. The Labute approximate surface area is 313 Å². The number of rotatable bonds is 16. The minimum atomic E-state index is -1.26. The molecule has 0 N–H and O–H groups in total. The average Bonchev–Trinajstić information content (AvgIpc) is 3.42. The summed E-state index contributed by atoms with van der Waals surface area (Å²) in [6.45, 7) is 5.71. The molecule has 0 saturated carbocycles. The Morgan fingerprint density at radius 3 is 2.40 bits per heavy atom. The number of hydrogen-bond acceptors (Lipinski definition) is 12. The van der Waals surface area contributed by atoms with Gasteiger partial charge in [0, 0.05) is 55.1 Å². The first-order chi connectivity index (χ1) is 24.9. The highest BCUT2D eigenvalue weighted by Gasteiger charge is 2.51. The summed E-state index contributed by atoms with van der Waals surface area (Å²) in [5.74, 6) is -2.18. The molecule has 4 rings (SSSR count). The van der Waals surface area contributed by atoms with Crippen molar-refractivity contribution in [2.45, 2.75) is 122 Å². The number of methoxy groups -OCH3 is 1. The van der Waals surface area contributed by atoms with Crippen LogP contribution in [0.2, 0.25) is 5.02 Å². The average molecular weight is 762 g/mol. The summed E-state index contributed by atoms with van der Waals surface area (Å²) in [4.78, 5) is 63.8. The van der Waals surface area contributed by atoms with Crippen LogP contribution >= 0.6 is 22.9 Å². The number of hydrogen-bond donors (Lipinski definition) is 0. The van der Waals surface area contributed by atoms with Crippen LogP contribution in [0.25, 0.3) is 10.1 Å². The minimum absolute atomic E-state index is 0.0368. The molecule has 1 aromatic carbocycles. The van der Waals surface area contributed by atoms with E-state index in [1.165, 1.54) is 27.9 Å². The maximum atomic E-state index is 13.1. The predicted octanol–water partition coefficient (Wildman–Crippen LogP) is 6.25. The third-order valence-corrected chi connectivity index (χ3v) is 10.6.